The lowest BCUT2D eigenvalue weighted by Gasteiger charge is -2.03. The van der Waals surface area contributed by atoms with Crippen molar-refractivity contribution in [2.75, 3.05) is 0 Å². The van der Waals surface area contributed by atoms with Crippen molar-refractivity contribution in [3.8, 4) is 11.4 Å². The van der Waals surface area contributed by atoms with Crippen molar-refractivity contribution in [3.05, 3.63) is 95.2 Å². The molecule has 4 rings (SSSR count). The van der Waals surface area contributed by atoms with Gasteiger partial charge in [0.2, 0.25) is 5.82 Å². The van der Waals surface area contributed by atoms with Gasteiger partial charge in [-0.2, -0.15) is 10.1 Å². The van der Waals surface area contributed by atoms with Gasteiger partial charge in [0, 0.05) is 17.3 Å². The molecular weight excluding hydrogens is 427 g/mol. The summed E-state index contributed by atoms with van der Waals surface area (Å²) in [6.45, 7) is 3.68. The van der Waals surface area contributed by atoms with Crippen LogP contribution in [0.5, 0.6) is 5.75 Å². The number of ether oxygens (including phenoxy) is 2. The van der Waals surface area contributed by atoms with Gasteiger partial charge in [-0.3, -0.25) is 0 Å². The standard InChI is InChI=1S/C24H21FN4O4/c1-16-21(17(2)29(27-16)19-6-4-3-5-7-19)12-13-24(30)32-15-23-26-22(28-33-23)14-31-20-10-8-18(25)9-11-20/h3-13H,14-15H2,1-2H3/b13-12+. The minimum Gasteiger partial charge on any atom is -0.485 e. The molecule has 0 bridgehead atoms. The SMILES string of the molecule is Cc1nn(-c2ccccc2)c(C)c1/C=C/C(=O)OCc1nc(COc2ccc(F)cc2)no1. The summed E-state index contributed by atoms with van der Waals surface area (Å²) in [5, 5.41) is 8.32. The summed E-state index contributed by atoms with van der Waals surface area (Å²) >= 11 is 0. The summed E-state index contributed by atoms with van der Waals surface area (Å²) in [6.07, 6.45) is 3.01. The van der Waals surface area contributed by atoms with Gasteiger partial charge in [0.05, 0.1) is 11.4 Å². The fraction of sp³-hybridized carbons (Fsp3) is 0.167. The molecule has 9 heteroatoms. The molecule has 0 spiro atoms. The maximum absolute atomic E-state index is 12.9. The van der Waals surface area contributed by atoms with E-state index < -0.39 is 5.97 Å². The van der Waals surface area contributed by atoms with E-state index in [9.17, 15) is 9.18 Å². The first-order valence-electron chi connectivity index (χ1n) is 10.2. The first-order chi connectivity index (χ1) is 16.0. The smallest absolute Gasteiger partial charge is 0.331 e. The number of rotatable bonds is 8. The molecule has 0 atom stereocenters. The zero-order chi connectivity index (χ0) is 23.2. The van der Waals surface area contributed by atoms with Crippen LogP contribution >= 0.6 is 0 Å². The van der Waals surface area contributed by atoms with Crippen molar-refractivity contribution in [1.82, 2.24) is 19.9 Å². The highest BCUT2D eigenvalue weighted by molar-refractivity contribution is 5.87. The van der Waals surface area contributed by atoms with Crippen LogP contribution in [0.4, 0.5) is 4.39 Å². The maximum Gasteiger partial charge on any atom is 0.331 e. The molecule has 0 saturated heterocycles. The molecule has 0 aliphatic rings. The Kier molecular flexibility index (Phi) is 6.58. The van der Waals surface area contributed by atoms with Crippen LogP contribution in [0, 0.1) is 19.7 Å². The minimum atomic E-state index is -0.552. The van der Waals surface area contributed by atoms with Crippen LogP contribution in [0.2, 0.25) is 0 Å². The highest BCUT2D eigenvalue weighted by Crippen LogP contribution is 2.19. The van der Waals surface area contributed by atoms with Crippen molar-refractivity contribution in [2.45, 2.75) is 27.1 Å². The minimum absolute atomic E-state index is 0.0347. The van der Waals surface area contributed by atoms with Crippen LogP contribution in [0.15, 0.2) is 65.2 Å². The van der Waals surface area contributed by atoms with Crippen molar-refractivity contribution >= 4 is 12.0 Å². The topological polar surface area (TPSA) is 92.3 Å². The molecule has 2 aromatic carbocycles. The number of esters is 1. The quantitative estimate of drug-likeness (QED) is 0.292. The van der Waals surface area contributed by atoms with Crippen molar-refractivity contribution in [3.63, 3.8) is 0 Å². The first-order valence-corrected chi connectivity index (χ1v) is 10.2. The summed E-state index contributed by atoms with van der Waals surface area (Å²) < 4.78 is 30.4. The van der Waals surface area contributed by atoms with Crippen molar-refractivity contribution < 1.29 is 23.2 Å². The Morgan fingerprint density at radius 3 is 2.61 bits per heavy atom. The Balaban J connectivity index is 1.31. The number of aromatic nitrogens is 4. The van der Waals surface area contributed by atoms with Crippen LogP contribution in [-0.2, 0) is 22.7 Å². The molecule has 33 heavy (non-hydrogen) atoms. The number of carbonyl (C=O) groups is 1. The van der Waals surface area contributed by atoms with Gasteiger partial charge >= 0.3 is 5.97 Å². The van der Waals surface area contributed by atoms with Crippen LogP contribution in [0.3, 0.4) is 0 Å². The lowest BCUT2D eigenvalue weighted by molar-refractivity contribution is -0.139. The van der Waals surface area contributed by atoms with Crippen molar-refractivity contribution in [1.29, 1.82) is 0 Å². The molecule has 0 radical (unpaired) electrons. The second kappa shape index (κ2) is 9.90. The Labute approximate surface area is 189 Å². The summed E-state index contributed by atoms with van der Waals surface area (Å²) in [5.41, 5.74) is 3.48. The number of hydrogen-bond acceptors (Lipinski definition) is 7. The Morgan fingerprint density at radius 2 is 1.85 bits per heavy atom. The Morgan fingerprint density at radius 1 is 1.09 bits per heavy atom. The largest absolute Gasteiger partial charge is 0.485 e. The second-order valence-corrected chi connectivity index (χ2v) is 7.12. The van der Waals surface area contributed by atoms with E-state index in [1.165, 1.54) is 30.3 Å². The van der Waals surface area contributed by atoms with E-state index in [0.29, 0.717) is 5.75 Å². The highest BCUT2D eigenvalue weighted by Gasteiger charge is 2.12. The lowest BCUT2D eigenvalue weighted by atomic mass is 10.2. The van der Waals surface area contributed by atoms with Crippen LogP contribution in [-0.4, -0.2) is 25.9 Å². The summed E-state index contributed by atoms with van der Waals surface area (Å²) in [4.78, 5) is 16.3. The fourth-order valence-electron chi connectivity index (χ4n) is 3.14. The Bertz CT molecular complexity index is 1260. The van der Waals surface area contributed by atoms with Crippen LogP contribution in [0.25, 0.3) is 11.8 Å². The van der Waals surface area contributed by atoms with E-state index >= 15 is 0 Å². The van der Waals surface area contributed by atoms with E-state index in [1.807, 2.05) is 48.9 Å². The molecule has 2 aromatic heterocycles. The van der Waals surface area contributed by atoms with Gasteiger partial charge in [0.1, 0.15) is 11.6 Å². The molecule has 0 fully saturated rings. The van der Waals surface area contributed by atoms with Gasteiger partial charge in [0.25, 0.3) is 5.89 Å². The number of hydrogen-bond donors (Lipinski definition) is 0. The van der Waals surface area contributed by atoms with E-state index in [2.05, 4.69) is 15.2 Å². The van der Waals surface area contributed by atoms with E-state index in [1.54, 1.807) is 6.08 Å². The van der Waals surface area contributed by atoms with E-state index in [4.69, 9.17) is 14.0 Å². The second-order valence-electron chi connectivity index (χ2n) is 7.12. The number of aryl methyl sites for hydroxylation is 1. The van der Waals surface area contributed by atoms with Gasteiger partial charge in [-0.25, -0.2) is 13.9 Å². The molecule has 0 aliphatic carbocycles. The number of nitrogens with zero attached hydrogens (tertiary/aromatic N) is 4. The molecule has 0 aliphatic heterocycles. The number of carbonyl (C=O) groups excluding carboxylic acids is 1. The number of halogens is 1. The first kappa shape index (κ1) is 21.9. The molecule has 0 amide bonds. The average Bonchev–Trinajstić information content (AvgIpc) is 3.40. The molecule has 0 saturated carbocycles. The number of benzene rings is 2. The zero-order valence-electron chi connectivity index (χ0n) is 18.1. The van der Waals surface area contributed by atoms with Crippen LogP contribution in [0.1, 0.15) is 28.7 Å². The normalized spacial score (nSPS) is 11.1. The van der Waals surface area contributed by atoms with Gasteiger partial charge in [-0.1, -0.05) is 23.4 Å². The average molecular weight is 448 g/mol. The van der Waals surface area contributed by atoms with Crippen molar-refractivity contribution in [2.24, 2.45) is 0 Å². The molecule has 0 N–H and O–H groups in total. The molecule has 4 aromatic rings. The zero-order valence-corrected chi connectivity index (χ0v) is 18.1. The van der Waals surface area contributed by atoms with Gasteiger partial charge < -0.3 is 14.0 Å². The third-order valence-electron chi connectivity index (χ3n) is 4.76. The predicted molar refractivity (Wildman–Crippen MR) is 117 cm³/mol. The lowest BCUT2D eigenvalue weighted by Crippen LogP contribution is -2.02. The third-order valence-corrected chi connectivity index (χ3v) is 4.76. The van der Waals surface area contributed by atoms with Gasteiger partial charge in [-0.05, 0) is 56.3 Å². The monoisotopic (exact) mass is 448 g/mol. The highest BCUT2D eigenvalue weighted by atomic mass is 19.1. The van der Waals surface area contributed by atoms with Gasteiger partial charge in [-0.15, -0.1) is 0 Å². The van der Waals surface area contributed by atoms with Gasteiger partial charge in [0.15, 0.2) is 13.2 Å². The maximum atomic E-state index is 12.9. The fourth-order valence-corrected chi connectivity index (χ4v) is 3.14. The van der Waals surface area contributed by atoms with Crippen LogP contribution < -0.4 is 4.74 Å². The Hall–Kier alpha value is -4.27. The molecular formula is C24H21FN4O4. The molecule has 168 valence electrons. The summed E-state index contributed by atoms with van der Waals surface area (Å²) in [7, 11) is 0. The summed E-state index contributed by atoms with van der Waals surface area (Å²) in [5.74, 6) is -0.0151. The third kappa shape index (κ3) is 5.51. The van der Waals surface area contributed by atoms with E-state index in [-0.39, 0.29) is 30.7 Å². The number of para-hydroxylation sites is 1. The predicted octanol–water partition coefficient (Wildman–Crippen LogP) is 4.35. The van der Waals surface area contributed by atoms with E-state index in [0.717, 1.165) is 22.6 Å². The molecule has 0 unspecified atom stereocenters. The molecule has 2 heterocycles. The molecule has 8 nitrogen and oxygen atoms in total. The summed E-state index contributed by atoms with van der Waals surface area (Å²) in [6, 6.07) is 15.3.